The van der Waals surface area contributed by atoms with E-state index in [1.165, 1.54) is 0 Å². The number of phenols is 2. The predicted octanol–water partition coefficient (Wildman–Crippen LogP) is 7.50. The van der Waals surface area contributed by atoms with Gasteiger partial charge >= 0.3 is 0 Å². The fourth-order valence-corrected chi connectivity index (χ4v) is 3.46. The summed E-state index contributed by atoms with van der Waals surface area (Å²) in [6, 6.07) is 25.1. The van der Waals surface area contributed by atoms with Gasteiger partial charge in [0.2, 0.25) is 0 Å². The smallest absolute Gasteiger partial charge is 0.124 e. The van der Waals surface area contributed by atoms with Gasteiger partial charge in [0.05, 0.1) is 11.4 Å². The van der Waals surface area contributed by atoms with Crippen molar-refractivity contribution in [2.24, 2.45) is 9.98 Å². The highest BCUT2D eigenvalue weighted by Gasteiger charge is 2.05. The minimum absolute atomic E-state index is 0.151. The summed E-state index contributed by atoms with van der Waals surface area (Å²) in [6.45, 7) is 0. The lowest BCUT2D eigenvalue weighted by Gasteiger charge is -2.07. The van der Waals surface area contributed by atoms with E-state index in [0.717, 1.165) is 22.5 Å². The third-order valence-electron chi connectivity index (χ3n) is 4.95. The summed E-state index contributed by atoms with van der Waals surface area (Å²) < 4.78 is 0. The maximum absolute atomic E-state index is 10.2. The second-order valence-corrected chi connectivity index (χ2v) is 8.31. The van der Waals surface area contributed by atoms with Crippen molar-refractivity contribution in [2.75, 3.05) is 0 Å². The number of phenolic OH excluding ortho intramolecular Hbond substituents is 2. The zero-order valence-electron chi connectivity index (χ0n) is 17.5. The molecule has 0 radical (unpaired) electrons. The zero-order chi connectivity index (χ0) is 23.2. The maximum atomic E-state index is 10.2. The molecule has 4 rings (SSSR count). The van der Waals surface area contributed by atoms with Gasteiger partial charge in [0.25, 0.3) is 0 Å². The molecule has 0 atom stereocenters. The molecule has 0 aromatic heterocycles. The fourth-order valence-electron chi connectivity index (χ4n) is 3.21. The van der Waals surface area contributed by atoms with Gasteiger partial charge < -0.3 is 10.2 Å². The molecule has 4 nitrogen and oxygen atoms in total. The third kappa shape index (κ3) is 6.22. The minimum Gasteiger partial charge on any atom is -0.507 e. The van der Waals surface area contributed by atoms with Crippen LogP contribution < -0.4 is 0 Å². The van der Waals surface area contributed by atoms with Gasteiger partial charge in [-0.15, -0.1) is 0 Å². The summed E-state index contributed by atoms with van der Waals surface area (Å²) in [7, 11) is 0. The van der Waals surface area contributed by atoms with Gasteiger partial charge in [-0.05, 0) is 90.3 Å². The van der Waals surface area contributed by atoms with E-state index < -0.39 is 0 Å². The van der Waals surface area contributed by atoms with Gasteiger partial charge in [0, 0.05) is 33.6 Å². The molecule has 0 spiro atoms. The van der Waals surface area contributed by atoms with E-state index in [-0.39, 0.29) is 11.5 Å². The molecule has 0 heterocycles. The van der Waals surface area contributed by atoms with Crippen molar-refractivity contribution in [3.63, 3.8) is 0 Å². The van der Waals surface area contributed by atoms with Crippen molar-refractivity contribution in [1.82, 2.24) is 0 Å². The second-order valence-electron chi connectivity index (χ2n) is 7.43. The summed E-state index contributed by atoms with van der Waals surface area (Å²) in [5, 5.41) is 21.7. The first kappa shape index (κ1) is 22.6. The molecule has 0 bridgehead atoms. The van der Waals surface area contributed by atoms with Crippen LogP contribution in [0.3, 0.4) is 0 Å². The summed E-state index contributed by atoms with van der Waals surface area (Å²) in [5.41, 5.74) is 4.71. The lowest BCUT2D eigenvalue weighted by atomic mass is 10.0. The lowest BCUT2D eigenvalue weighted by Crippen LogP contribution is -1.93. The fraction of sp³-hybridized carbons (Fsp3) is 0.0370. The molecule has 0 unspecified atom stereocenters. The molecule has 0 amide bonds. The number of hydrogen-bond donors (Lipinski definition) is 2. The van der Waals surface area contributed by atoms with E-state index in [2.05, 4.69) is 9.98 Å². The maximum Gasteiger partial charge on any atom is 0.124 e. The molecule has 4 aromatic carbocycles. The van der Waals surface area contributed by atoms with Gasteiger partial charge in [-0.1, -0.05) is 35.3 Å². The third-order valence-corrected chi connectivity index (χ3v) is 5.45. The molecular weight excluding hydrogens is 455 g/mol. The van der Waals surface area contributed by atoms with E-state index in [1.54, 1.807) is 48.8 Å². The van der Waals surface area contributed by atoms with Crippen molar-refractivity contribution >= 4 is 47.0 Å². The van der Waals surface area contributed by atoms with Gasteiger partial charge in [0.15, 0.2) is 0 Å². The van der Waals surface area contributed by atoms with Crippen molar-refractivity contribution in [3.05, 3.63) is 117 Å². The van der Waals surface area contributed by atoms with Crippen LogP contribution in [0.4, 0.5) is 11.4 Å². The lowest BCUT2D eigenvalue weighted by molar-refractivity contribution is 0.474. The number of hydrogen-bond acceptors (Lipinski definition) is 4. The van der Waals surface area contributed by atoms with Crippen LogP contribution >= 0.6 is 23.2 Å². The van der Waals surface area contributed by atoms with E-state index in [4.69, 9.17) is 23.2 Å². The number of nitrogens with zero attached hydrogens (tertiary/aromatic N) is 2. The average Bonchev–Trinajstić information content (AvgIpc) is 2.82. The molecule has 0 saturated carbocycles. The summed E-state index contributed by atoms with van der Waals surface area (Å²) >= 11 is 11.8. The molecule has 4 aromatic rings. The molecular formula is C27H20Cl2N2O2. The molecule has 2 N–H and O–H groups in total. The van der Waals surface area contributed by atoms with Crippen LogP contribution in [0.2, 0.25) is 10.0 Å². The zero-order valence-corrected chi connectivity index (χ0v) is 19.0. The van der Waals surface area contributed by atoms with Crippen LogP contribution in [0.25, 0.3) is 0 Å². The van der Waals surface area contributed by atoms with Gasteiger partial charge in [-0.2, -0.15) is 0 Å². The summed E-state index contributed by atoms with van der Waals surface area (Å²) in [6.07, 6.45) is 3.87. The Morgan fingerprint density at radius 3 is 1.36 bits per heavy atom. The molecule has 0 fully saturated rings. The van der Waals surface area contributed by atoms with Crippen molar-refractivity contribution in [3.8, 4) is 11.5 Å². The quantitative estimate of drug-likeness (QED) is 0.284. The predicted molar refractivity (Wildman–Crippen MR) is 136 cm³/mol. The van der Waals surface area contributed by atoms with Crippen molar-refractivity contribution in [1.29, 1.82) is 0 Å². The Balaban J connectivity index is 1.52. The molecule has 33 heavy (non-hydrogen) atoms. The summed E-state index contributed by atoms with van der Waals surface area (Å²) in [4.78, 5) is 8.82. The SMILES string of the molecule is Oc1ccc(Cc2ccc(O)c(/C=N/c3ccc(Cl)cc3)c2)cc1/C=N/c1ccc(Cl)cc1. The van der Waals surface area contributed by atoms with Crippen LogP contribution in [-0.2, 0) is 6.42 Å². The van der Waals surface area contributed by atoms with E-state index in [0.29, 0.717) is 27.6 Å². The Morgan fingerprint density at radius 2 is 0.970 bits per heavy atom. The number of halogens is 2. The number of rotatable bonds is 6. The van der Waals surface area contributed by atoms with Crippen LogP contribution in [0.1, 0.15) is 22.3 Å². The van der Waals surface area contributed by atoms with Gasteiger partial charge in [-0.3, -0.25) is 9.98 Å². The molecule has 6 heteroatoms. The monoisotopic (exact) mass is 474 g/mol. The van der Waals surface area contributed by atoms with E-state index in [1.807, 2.05) is 48.5 Å². The average molecular weight is 475 g/mol. The second kappa shape index (κ2) is 10.3. The Kier molecular flexibility index (Phi) is 7.08. The van der Waals surface area contributed by atoms with Crippen LogP contribution in [0, 0.1) is 0 Å². The Morgan fingerprint density at radius 1 is 0.576 bits per heavy atom. The number of aromatic hydroxyl groups is 2. The first-order chi connectivity index (χ1) is 16.0. The summed E-state index contributed by atoms with van der Waals surface area (Å²) in [5.74, 6) is 0.302. The molecule has 0 aliphatic carbocycles. The normalized spacial score (nSPS) is 11.5. The first-order valence-corrected chi connectivity index (χ1v) is 10.9. The molecule has 164 valence electrons. The van der Waals surface area contributed by atoms with Gasteiger partial charge in [0.1, 0.15) is 11.5 Å². The Labute approximate surface area is 202 Å². The molecule has 0 aliphatic rings. The minimum atomic E-state index is 0.151. The van der Waals surface area contributed by atoms with Gasteiger partial charge in [-0.25, -0.2) is 0 Å². The molecule has 0 saturated heterocycles. The largest absolute Gasteiger partial charge is 0.507 e. The Hall–Kier alpha value is -3.60. The first-order valence-electron chi connectivity index (χ1n) is 10.2. The van der Waals surface area contributed by atoms with Crippen molar-refractivity contribution in [2.45, 2.75) is 6.42 Å². The highest BCUT2D eigenvalue weighted by Crippen LogP contribution is 2.24. The van der Waals surface area contributed by atoms with Crippen LogP contribution in [0.5, 0.6) is 11.5 Å². The van der Waals surface area contributed by atoms with E-state index in [9.17, 15) is 10.2 Å². The number of aliphatic imine (C=N–C) groups is 2. The topological polar surface area (TPSA) is 65.2 Å². The highest BCUT2D eigenvalue weighted by atomic mass is 35.5. The molecule has 0 aliphatic heterocycles. The number of benzene rings is 4. The Bertz CT molecular complexity index is 1210. The van der Waals surface area contributed by atoms with Crippen LogP contribution in [0.15, 0.2) is 94.9 Å². The highest BCUT2D eigenvalue weighted by molar-refractivity contribution is 6.30. The van der Waals surface area contributed by atoms with Crippen molar-refractivity contribution < 1.29 is 10.2 Å². The van der Waals surface area contributed by atoms with E-state index >= 15 is 0 Å². The van der Waals surface area contributed by atoms with Crippen LogP contribution in [-0.4, -0.2) is 22.6 Å². The standard InChI is InChI=1S/C27H20Cl2N2O2/c28-22-3-7-24(8-4-22)30-16-20-14-18(1-11-26(20)32)13-19-2-12-27(33)21(15-19)17-31-25-9-5-23(29)6-10-25/h1-12,14-17,32-33H,13H2/b30-16+,31-17+.